The molecule has 3 aromatic rings. The van der Waals surface area contributed by atoms with Gasteiger partial charge in [-0.2, -0.15) is 5.10 Å². The van der Waals surface area contributed by atoms with Crippen molar-refractivity contribution in [3.05, 3.63) is 65.2 Å². The van der Waals surface area contributed by atoms with E-state index in [0.29, 0.717) is 6.61 Å². The summed E-state index contributed by atoms with van der Waals surface area (Å²) in [6.45, 7) is 4.11. The van der Waals surface area contributed by atoms with Gasteiger partial charge < -0.3 is 4.74 Å². The minimum absolute atomic E-state index is 0.452. The van der Waals surface area contributed by atoms with Gasteiger partial charge in [0.05, 0.1) is 16.4 Å². The standard InChI is InChI=1S/C17H14BrN3OS/c1-2-9-22-15-8-7-13(18)10-12(15)11-19-21-17-20-14-5-3-4-6-16(14)23-17/h2-8,10-11H,1,9H2,(H,20,21)/b19-11-. The van der Waals surface area contributed by atoms with Crippen molar-refractivity contribution < 1.29 is 4.74 Å². The molecule has 116 valence electrons. The molecule has 4 nitrogen and oxygen atoms in total. The first kappa shape index (κ1) is 15.7. The van der Waals surface area contributed by atoms with Crippen LogP contribution in [0, 0.1) is 0 Å². The molecule has 0 amide bonds. The van der Waals surface area contributed by atoms with Crippen LogP contribution in [0.25, 0.3) is 10.2 Å². The highest BCUT2D eigenvalue weighted by atomic mass is 79.9. The molecule has 1 aromatic heterocycles. The number of aromatic nitrogens is 1. The highest BCUT2D eigenvalue weighted by Gasteiger charge is 2.03. The van der Waals surface area contributed by atoms with Crippen molar-refractivity contribution >= 4 is 48.8 Å². The van der Waals surface area contributed by atoms with Crippen LogP contribution in [-0.4, -0.2) is 17.8 Å². The van der Waals surface area contributed by atoms with E-state index in [1.165, 1.54) is 0 Å². The number of thiazole rings is 1. The molecular weight excluding hydrogens is 374 g/mol. The lowest BCUT2D eigenvalue weighted by Crippen LogP contribution is -1.98. The smallest absolute Gasteiger partial charge is 0.204 e. The highest BCUT2D eigenvalue weighted by molar-refractivity contribution is 9.10. The van der Waals surface area contributed by atoms with E-state index in [0.717, 1.165) is 31.1 Å². The fourth-order valence-electron chi connectivity index (χ4n) is 1.98. The summed E-state index contributed by atoms with van der Waals surface area (Å²) >= 11 is 5.02. The number of nitrogens with zero attached hydrogens (tertiary/aromatic N) is 2. The number of hydrogen-bond donors (Lipinski definition) is 1. The SMILES string of the molecule is C=CCOc1ccc(Br)cc1/C=N\Nc1nc2ccccc2s1. The first-order valence-corrected chi connectivity index (χ1v) is 8.55. The van der Waals surface area contributed by atoms with Gasteiger partial charge in [0.2, 0.25) is 5.13 Å². The van der Waals surface area contributed by atoms with Crippen molar-refractivity contribution in [2.45, 2.75) is 0 Å². The van der Waals surface area contributed by atoms with Gasteiger partial charge >= 0.3 is 0 Å². The fraction of sp³-hybridized carbons (Fsp3) is 0.0588. The predicted octanol–water partition coefficient (Wildman–Crippen LogP) is 5.07. The van der Waals surface area contributed by atoms with E-state index < -0.39 is 0 Å². The summed E-state index contributed by atoms with van der Waals surface area (Å²) in [6, 6.07) is 13.8. The Hall–Kier alpha value is -2.18. The molecule has 0 aliphatic carbocycles. The average molecular weight is 388 g/mol. The second-order valence-electron chi connectivity index (χ2n) is 4.64. The molecule has 0 radical (unpaired) electrons. The number of hydrazone groups is 1. The summed E-state index contributed by atoms with van der Waals surface area (Å²) in [7, 11) is 0. The van der Waals surface area contributed by atoms with E-state index in [2.05, 4.69) is 38.0 Å². The van der Waals surface area contributed by atoms with Crippen LogP contribution < -0.4 is 10.2 Å². The van der Waals surface area contributed by atoms with Crippen molar-refractivity contribution in [2.24, 2.45) is 5.10 Å². The predicted molar refractivity (Wildman–Crippen MR) is 101 cm³/mol. The fourth-order valence-corrected chi connectivity index (χ4v) is 3.17. The van der Waals surface area contributed by atoms with E-state index in [4.69, 9.17) is 4.74 Å². The Labute approximate surface area is 146 Å². The van der Waals surface area contributed by atoms with Crippen LogP contribution in [-0.2, 0) is 0 Å². The molecule has 2 aromatic carbocycles. The van der Waals surface area contributed by atoms with Gasteiger partial charge in [0.1, 0.15) is 12.4 Å². The molecule has 0 atom stereocenters. The van der Waals surface area contributed by atoms with Crippen LogP contribution in [0.15, 0.2) is 64.7 Å². The van der Waals surface area contributed by atoms with Crippen molar-refractivity contribution in [3.63, 3.8) is 0 Å². The van der Waals surface area contributed by atoms with Crippen LogP contribution in [0.2, 0.25) is 0 Å². The quantitative estimate of drug-likeness (QED) is 0.364. The summed E-state index contributed by atoms with van der Waals surface area (Å²) in [6.07, 6.45) is 3.43. The zero-order valence-corrected chi connectivity index (χ0v) is 14.6. The summed E-state index contributed by atoms with van der Waals surface area (Å²) < 4.78 is 7.71. The molecule has 0 fully saturated rings. The van der Waals surface area contributed by atoms with Crippen LogP contribution in [0.4, 0.5) is 5.13 Å². The Morgan fingerprint density at radius 1 is 1.30 bits per heavy atom. The maximum absolute atomic E-state index is 5.62. The number of nitrogens with one attached hydrogen (secondary N) is 1. The number of rotatable bonds is 6. The lowest BCUT2D eigenvalue weighted by molar-refractivity contribution is 0.362. The molecule has 6 heteroatoms. The maximum atomic E-state index is 5.62. The number of ether oxygens (including phenoxy) is 1. The number of anilines is 1. The molecule has 1 N–H and O–H groups in total. The Kier molecular flexibility index (Phi) is 5.05. The van der Waals surface area contributed by atoms with Crippen LogP contribution in [0.1, 0.15) is 5.56 Å². The van der Waals surface area contributed by atoms with Crippen molar-refractivity contribution in [1.82, 2.24) is 4.98 Å². The zero-order chi connectivity index (χ0) is 16.1. The topological polar surface area (TPSA) is 46.5 Å². The minimum Gasteiger partial charge on any atom is -0.489 e. The van der Waals surface area contributed by atoms with Gasteiger partial charge in [-0.1, -0.05) is 52.1 Å². The Morgan fingerprint density at radius 2 is 2.17 bits per heavy atom. The first-order valence-electron chi connectivity index (χ1n) is 6.94. The third kappa shape index (κ3) is 3.97. The molecule has 23 heavy (non-hydrogen) atoms. The van der Waals surface area contributed by atoms with Gasteiger partial charge in [0.15, 0.2) is 0 Å². The maximum Gasteiger partial charge on any atom is 0.204 e. The van der Waals surface area contributed by atoms with Gasteiger partial charge in [-0.3, -0.25) is 5.43 Å². The molecular formula is C17H14BrN3OS. The van der Waals surface area contributed by atoms with Gasteiger partial charge in [0, 0.05) is 10.0 Å². The lowest BCUT2D eigenvalue weighted by atomic mass is 10.2. The third-order valence-corrected chi connectivity index (χ3v) is 4.42. The molecule has 3 rings (SSSR count). The Balaban J connectivity index is 1.76. The van der Waals surface area contributed by atoms with E-state index in [1.807, 2.05) is 42.5 Å². The van der Waals surface area contributed by atoms with Gasteiger partial charge in [-0.25, -0.2) is 4.98 Å². The highest BCUT2D eigenvalue weighted by Crippen LogP contribution is 2.25. The zero-order valence-electron chi connectivity index (χ0n) is 12.2. The molecule has 0 aliphatic heterocycles. The minimum atomic E-state index is 0.452. The largest absolute Gasteiger partial charge is 0.489 e. The summed E-state index contributed by atoms with van der Waals surface area (Å²) in [5.41, 5.74) is 4.81. The lowest BCUT2D eigenvalue weighted by Gasteiger charge is -2.07. The van der Waals surface area contributed by atoms with Gasteiger partial charge in [-0.15, -0.1) is 0 Å². The van der Waals surface area contributed by atoms with Crippen molar-refractivity contribution in [2.75, 3.05) is 12.0 Å². The average Bonchev–Trinajstić information content (AvgIpc) is 2.97. The third-order valence-electron chi connectivity index (χ3n) is 2.99. The molecule has 0 saturated heterocycles. The molecule has 0 spiro atoms. The number of para-hydroxylation sites is 1. The van der Waals surface area contributed by atoms with Crippen LogP contribution in [0.3, 0.4) is 0 Å². The second kappa shape index (κ2) is 7.39. The Bertz CT molecular complexity index is 827. The van der Waals surface area contributed by atoms with Gasteiger partial charge in [-0.05, 0) is 30.3 Å². The van der Waals surface area contributed by atoms with Crippen LogP contribution in [0.5, 0.6) is 5.75 Å². The van der Waals surface area contributed by atoms with E-state index in [9.17, 15) is 0 Å². The van der Waals surface area contributed by atoms with E-state index >= 15 is 0 Å². The normalized spacial score (nSPS) is 11.0. The number of halogens is 1. The van der Waals surface area contributed by atoms with Crippen LogP contribution >= 0.6 is 27.3 Å². The molecule has 0 saturated carbocycles. The van der Waals surface area contributed by atoms with Gasteiger partial charge in [0.25, 0.3) is 0 Å². The monoisotopic (exact) mass is 387 g/mol. The Morgan fingerprint density at radius 3 is 3.00 bits per heavy atom. The number of fused-ring (bicyclic) bond motifs is 1. The number of benzene rings is 2. The van der Waals surface area contributed by atoms with Crippen molar-refractivity contribution in [3.8, 4) is 5.75 Å². The molecule has 0 bridgehead atoms. The molecule has 0 unspecified atom stereocenters. The second-order valence-corrected chi connectivity index (χ2v) is 6.58. The van der Waals surface area contributed by atoms with E-state index in [-0.39, 0.29) is 0 Å². The number of hydrogen-bond acceptors (Lipinski definition) is 5. The molecule has 1 heterocycles. The summed E-state index contributed by atoms with van der Waals surface area (Å²) in [4.78, 5) is 4.47. The van der Waals surface area contributed by atoms with Crippen molar-refractivity contribution in [1.29, 1.82) is 0 Å². The van der Waals surface area contributed by atoms with E-state index in [1.54, 1.807) is 23.6 Å². The summed E-state index contributed by atoms with van der Waals surface area (Å²) in [5.74, 6) is 0.753. The summed E-state index contributed by atoms with van der Waals surface area (Å²) in [5, 5.41) is 5.02. The molecule has 0 aliphatic rings. The first-order chi connectivity index (χ1) is 11.3.